The largest absolute Gasteiger partial charge is 0.389 e. The molecule has 5 rings (SSSR count). The molecule has 0 bridgehead atoms. The molecule has 1 atom stereocenters. The maximum atomic E-state index is 11.8. The van der Waals surface area contributed by atoms with Crippen LogP contribution in [0, 0.1) is 16.2 Å². The molecule has 7 N–H and O–H groups in total. The summed E-state index contributed by atoms with van der Waals surface area (Å²) in [4.78, 5) is 96.6. The van der Waals surface area contributed by atoms with Crippen molar-refractivity contribution in [3.8, 4) is 0 Å². The van der Waals surface area contributed by atoms with Gasteiger partial charge in [-0.25, -0.2) is 19.9 Å². The van der Waals surface area contributed by atoms with Crippen molar-refractivity contribution in [1.82, 2.24) is 24.9 Å². The van der Waals surface area contributed by atoms with Crippen LogP contribution >= 0.6 is 15.9 Å². The summed E-state index contributed by atoms with van der Waals surface area (Å²) < 4.78 is 0.761. The Labute approximate surface area is 414 Å². The van der Waals surface area contributed by atoms with Crippen LogP contribution in [-0.2, 0) is 25.6 Å². The summed E-state index contributed by atoms with van der Waals surface area (Å²) in [6.45, 7) is 24.1. The minimum atomic E-state index is -0.649. The number of nitrogens with one attached hydrogen (secondary N) is 2. The standard InChI is InChI=1S/C12H18N2O2.C12H16N2O2.C11H15NO.C7H7BrN2O.C7H8N2O.C2H4O/c2*1-8(15)9-6-5-7-13-10(9)14-11(16)12(2,3)4;1-11(2,3)10(13)8-9-6-4-5-7-12-9;1-4(11)6-2-5(8)3-10-7(6)9;1-5(10)6-3-2-4-9-7(6)8;1-2-3/h5-8,15H,1-4H3,(H,13,14,16);5-7H,1-4H3,(H,13,14,16);4-7H,8H2,1-3H3;2-3H,1H3,(H2,9,10);2-4H,1H3,(H2,8,9);2H,1H3. The van der Waals surface area contributed by atoms with Crippen molar-refractivity contribution in [2.75, 3.05) is 22.1 Å². The average Bonchev–Trinajstić information content (AvgIpc) is 3.25. The number of pyridine rings is 5. The van der Waals surface area contributed by atoms with E-state index in [1.807, 2.05) is 59.7 Å². The Kier molecular flexibility index (Phi) is 26.8. The molecule has 0 saturated carbocycles. The molecular weight excluding hydrogens is 947 g/mol. The van der Waals surface area contributed by atoms with Gasteiger partial charge in [0, 0.05) is 69.4 Å². The van der Waals surface area contributed by atoms with E-state index in [0.717, 1.165) is 16.5 Å². The first kappa shape index (κ1) is 62.1. The van der Waals surface area contributed by atoms with E-state index < -0.39 is 16.9 Å². The fraction of sp³-hybridized carbons (Fsp3) is 0.373. The molecular formula is C51H68BrN9O8. The Morgan fingerprint density at radius 3 is 1.46 bits per heavy atom. The van der Waals surface area contributed by atoms with Crippen LogP contribution in [-0.4, -0.2) is 71.3 Å². The normalized spacial score (nSPS) is 10.8. The summed E-state index contributed by atoms with van der Waals surface area (Å²) >= 11 is 3.19. The third-order valence-electron chi connectivity index (χ3n) is 8.69. The van der Waals surface area contributed by atoms with Crippen LogP contribution in [0.1, 0.15) is 145 Å². The predicted octanol–water partition coefficient (Wildman–Crippen LogP) is 9.33. The van der Waals surface area contributed by atoms with Crippen LogP contribution in [0.5, 0.6) is 0 Å². The third kappa shape index (κ3) is 24.6. The number of aldehydes is 1. The molecule has 5 aromatic rings. The van der Waals surface area contributed by atoms with Crippen molar-refractivity contribution >= 4 is 80.4 Å². The maximum absolute atomic E-state index is 11.8. The van der Waals surface area contributed by atoms with Crippen LogP contribution in [0.15, 0.2) is 96.1 Å². The minimum Gasteiger partial charge on any atom is -0.389 e. The second-order valence-electron chi connectivity index (χ2n) is 18.0. The molecule has 1 unspecified atom stereocenters. The number of hydrogen-bond acceptors (Lipinski definition) is 15. The van der Waals surface area contributed by atoms with Crippen molar-refractivity contribution in [1.29, 1.82) is 0 Å². The van der Waals surface area contributed by atoms with Crippen LogP contribution in [0.25, 0.3) is 0 Å². The number of anilines is 4. The van der Waals surface area contributed by atoms with Gasteiger partial charge >= 0.3 is 0 Å². The number of aliphatic hydroxyl groups is 1. The van der Waals surface area contributed by atoms with Crippen LogP contribution in [0.2, 0.25) is 0 Å². The lowest BCUT2D eigenvalue weighted by molar-refractivity contribution is -0.125. The molecule has 5 heterocycles. The Bertz CT molecular complexity index is 2480. The van der Waals surface area contributed by atoms with Gasteiger partial charge in [-0.3, -0.25) is 33.8 Å². The molecule has 0 aliphatic rings. The summed E-state index contributed by atoms with van der Waals surface area (Å²) in [6.07, 6.45) is 8.50. The fourth-order valence-electron chi connectivity index (χ4n) is 4.62. The summed E-state index contributed by atoms with van der Waals surface area (Å²) in [5, 5.41) is 14.9. The molecule has 0 radical (unpaired) electrons. The molecule has 0 saturated heterocycles. The van der Waals surface area contributed by atoms with E-state index in [0.29, 0.717) is 46.1 Å². The molecule has 372 valence electrons. The first-order valence-corrected chi connectivity index (χ1v) is 22.4. The van der Waals surface area contributed by atoms with Gasteiger partial charge in [-0.1, -0.05) is 74.4 Å². The highest BCUT2D eigenvalue weighted by atomic mass is 79.9. The maximum Gasteiger partial charge on any atom is 0.230 e. The first-order valence-electron chi connectivity index (χ1n) is 21.6. The van der Waals surface area contributed by atoms with Crippen molar-refractivity contribution in [2.24, 2.45) is 16.2 Å². The second-order valence-corrected chi connectivity index (χ2v) is 18.9. The zero-order valence-corrected chi connectivity index (χ0v) is 43.7. The average molecular weight is 1020 g/mol. The SMILES string of the molecule is CC(=O)c1cc(Br)cnc1N.CC(=O)c1cccnc1N.CC(=O)c1cccnc1NC(=O)C(C)(C)C.CC(C)(C)C(=O)Cc1ccccn1.CC(O)c1cccnc1NC(=O)C(C)(C)C.CC=O. The van der Waals surface area contributed by atoms with E-state index >= 15 is 0 Å². The molecule has 0 aliphatic heterocycles. The lowest BCUT2D eigenvalue weighted by atomic mass is 9.88. The third-order valence-corrected chi connectivity index (χ3v) is 9.12. The van der Waals surface area contributed by atoms with Gasteiger partial charge in [0.15, 0.2) is 17.3 Å². The molecule has 0 aromatic carbocycles. The highest BCUT2D eigenvalue weighted by Crippen LogP contribution is 2.23. The Morgan fingerprint density at radius 1 is 0.623 bits per heavy atom. The molecule has 5 aromatic heterocycles. The number of nitrogen functional groups attached to an aromatic ring is 2. The number of ketones is 4. The van der Waals surface area contributed by atoms with Crippen molar-refractivity contribution in [3.63, 3.8) is 0 Å². The number of Topliss-reactive ketones (excluding diaryl/α,β-unsaturated/α-hetero) is 4. The monoisotopic (exact) mass is 1010 g/mol. The highest BCUT2D eigenvalue weighted by molar-refractivity contribution is 9.10. The number of aliphatic hydroxyl groups excluding tert-OH is 1. The van der Waals surface area contributed by atoms with Gasteiger partial charge in [-0.2, -0.15) is 0 Å². The Balaban J connectivity index is 0.000000833. The Hall–Kier alpha value is -6.92. The smallest absolute Gasteiger partial charge is 0.230 e. The number of rotatable bonds is 8. The molecule has 0 aliphatic carbocycles. The molecule has 69 heavy (non-hydrogen) atoms. The molecule has 0 fully saturated rings. The zero-order valence-electron chi connectivity index (χ0n) is 42.1. The van der Waals surface area contributed by atoms with Gasteiger partial charge in [-0.05, 0) is 99.1 Å². The number of carbonyl (C=O) groups is 7. The van der Waals surface area contributed by atoms with Crippen molar-refractivity contribution in [3.05, 3.63) is 124 Å². The number of carbonyl (C=O) groups excluding carboxylic acids is 7. The summed E-state index contributed by atoms with van der Waals surface area (Å²) in [6, 6.07) is 17.4. The fourth-order valence-corrected chi connectivity index (χ4v) is 4.95. The number of hydrogen-bond donors (Lipinski definition) is 5. The molecule has 0 spiro atoms. The molecule has 17 nitrogen and oxygen atoms in total. The zero-order chi connectivity index (χ0) is 53.3. The predicted molar refractivity (Wildman–Crippen MR) is 274 cm³/mol. The number of halogens is 1. The van der Waals surface area contributed by atoms with E-state index in [4.69, 9.17) is 16.3 Å². The quantitative estimate of drug-likeness (QED) is 0.0715. The van der Waals surface area contributed by atoms with E-state index in [9.17, 15) is 33.9 Å². The number of nitrogens with two attached hydrogens (primary N) is 2. The van der Waals surface area contributed by atoms with Gasteiger partial charge in [0.1, 0.15) is 35.3 Å². The topological polar surface area (TPSA) is 280 Å². The van der Waals surface area contributed by atoms with Crippen LogP contribution < -0.4 is 22.1 Å². The Morgan fingerprint density at radius 2 is 1.06 bits per heavy atom. The minimum absolute atomic E-state index is 0.0504. The van der Waals surface area contributed by atoms with E-state index in [2.05, 4.69) is 51.5 Å². The summed E-state index contributed by atoms with van der Waals surface area (Å²) in [7, 11) is 0. The lowest BCUT2D eigenvalue weighted by Crippen LogP contribution is -2.28. The van der Waals surface area contributed by atoms with Crippen molar-refractivity contribution in [2.45, 2.75) is 109 Å². The van der Waals surface area contributed by atoms with E-state index in [-0.39, 0.29) is 46.2 Å². The van der Waals surface area contributed by atoms with E-state index in [1.54, 1.807) is 101 Å². The van der Waals surface area contributed by atoms with Gasteiger partial charge in [0.2, 0.25) is 11.8 Å². The number of nitrogens with zero attached hydrogens (tertiary/aromatic N) is 5. The van der Waals surface area contributed by atoms with Gasteiger partial charge in [0.05, 0.1) is 22.8 Å². The lowest BCUT2D eigenvalue weighted by Gasteiger charge is -2.19. The van der Waals surface area contributed by atoms with Crippen molar-refractivity contribution < 1.29 is 38.7 Å². The molecule has 18 heteroatoms. The second kappa shape index (κ2) is 29.8. The van der Waals surface area contributed by atoms with Gasteiger partial charge in [-0.15, -0.1) is 0 Å². The number of aromatic nitrogens is 5. The first-order chi connectivity index (χ1) is 31.9. The highest BCUT2D eigenvalue weighted by Gasteiger charge is 2.24. The molecule has 2 amide bonds. The van der Waals surface area contributed by atoms with E-state index in [1.165, 1.54) is 27.7 Å². The van der Waals surface area contributed by atoms with Crippen LogP contribution in [0.3, 0.4) is 0 Å². The number of amides is 2. The van der Waals surface area contributed by atoms with Gasteiger partial charge < -0.3 is 32.0 Å². The summed E-state index contributed by atoms with van der Waals surface area (Å²) in [5.74, 6) is 1.05. The summed E-state index contributed by atoms with van der Waals surface area (Å²) in [5.41, 5.74) is 12.4. The van der Waals surface area contributed by atoms with Gasteiger partial charge in [0.25, 0.3) is 0 Å². The van der Waals surface area contributed by atoms with Crippen LogP contribution in [0.4, 0.5) is 23.3 Å².